The lowest BCUT2D eigenvalue weighted by Crippen LogP contribution is -2.35. The number of phenols is 1. The van der Waals surface area contributed by atoms with Crippen LogP contribution in [0.25, 0.3) is 6.08 Å². The molecule has 0 aliphatic carbocycles. The summed E-state index contributed by atoms with van der Waals surface area (Å²) in [6.07, 6.45) is 2.27. The van der Waals surface area contributed by atoms with Crippen LogP contribution in [-0.2, 0) is 14.8 Å². The van der Waals surface area contributed by atoms with Crippen molar-refractivity contribution >= 4 is 39.0 Å². The van der Waals surface area contributed by atoms with Crippen molar-refractivity contribution in [3.8, 4) is 5.75 Å². The summed E-state index contributed by atoms with van der Waals surface area (Å²) in [5.74, 6) is -6.85. The number of phenolic OH excluding ortho intramolecular Hbond substituents is 1. The highest BCUT2D eigenvalue weighted by Gasteiger charge is 2.39. The van der Waals surface area contributed by atoms with Gasteiger partial charge in [-0.15, -0.1) is 0 Å². The first kappa shape index (κ1) is 20.7. The molecule has 28 heavy (non-hydrogen) atoms. The molecule has 152 valence electrons. The smallest absolute Gasteiger partial charge is 0.293 e. The highest BCUT2D eigenvalue weighted by atomic mass is 32.2. The predicted molar refractivity (Wildman–Crippen MR) is 95.2 cm³/mol. The fraction of sp³-hybridized carbons (Fsp3) is 0.375. The summed E-state index contributed by atoms with van der Waals surface area (Å²) in [6.45, 7) is 0.406. The van der Waals surface area contributed by atoms with Gasteiger partial charge in [0.25, 0.3) is 11.1 Å². The average molecular weight is 436 g/mol. The molecule has 3 rings (SSSR count). The molecule has 1 aromatic rings. The third kappa shape index (κ3) is 3.89. The SMILES string of the molecule is CS(=O)(=O)N1CCC(CN2C(=O)S/C(=C\c3c(F)cc(F)c(O)c3F)C2=O)C1. The molecule has 12 heteroatoms. The lowest BCUT2D eigenvalue weighted by atomic mass is 10.1. The Bertz CT molecular complexity index is 996. The number of benzene rings is 1. The van der Waals surface area contributed by atoms with Gasteiger partial charge in [-0.2, -0.15) is 0 Å². The van der Waals surface area contributed by atoms with Crippen LogP contribution >= 0.6 is 11.8 Å². The molecule has 2 amide bonds. The molecule has 1 N–H and O–H groups in total. The number of halogens is 3. The van der Waals surface area contributed by atoms with E-state index in [9.17, 15) is 36.3 Å². The minimum absolute atomic E-state index is 0.0341. The van der Waals surface area contributed by atoms with Crippen LogP contribution in [0.4, 0.5) is 18.0 Å². The Balaban J connectivity index is 1.80. The molecule has 0 aromatic heterocycles. The Kier molecular flexibility index (Phi) is 5.47. The molecule has 2 aliphatic rings. The van der Waals surface area contributed by atoms with E-state index < -0.39 is 49.9 Å². The van der Waals surface area contributed by atoms with Crippen molar-refractivity contribution in [2.24, 2.45) is 5.92 Å². The first-order chi connectivity index (χ1) is 13.0. The summed E-state index contributed by atoms with van der Waals surface area (Å²) in [4.78, 5) is 25.2. The van der Waals surface area contributed by atoms with Gasteiger partial charge in [-0.1, -0.05) is 0 Å². The predicted octanol–water partition coefficient (Wildman–Crippen LogP) is 2.13. The number of aromatic hydroxyl groups is 1. The van der Waals surface area contributed by atoms with Crippen LogP contribution in [0.1, 0.15) is 12.0 Å². The van der Waals surface area contributed by atoms with E-state index in [1.165, 1.54) is 4.31 Å². The molecule has 0 bridgehead atoms. The Morgan fingerprint density at radius 1 is 1.29 bits per heavy atom. The van der Waals surface area contributed by atoms with Crippen molar-refractivity contribution < 1.29 is 36.3 Å². The number of amides is 2. The van der Waals surface area contributed by atoms with Crippen LogP contribution in [-0.4, -0.2) is 59.8 Å². The topological polar surface area (TPSA) is 95.0 Å². The minimum atomic E-state index is -3.37. The standard InChI is InChI=1S/C16H15F3N2O5S2/c1-28(25,26)20-3-2-8(6-20)7-21-15(23)12(27-16(21)24)4-9-10(17)5-11(18)14(22)13(9)19/h4-5,8,22H,2-3,6-7H2,1H3/b12-4-. The zero-order valence-electron chi connectivity index (χ0n) is 14.5. The van der Waals surface area contributed by atoms with E-state index >= 15 is 0 Å². The number of rotatable bonds is 4. The zero-order valence-corrected chi connectivity index (χ0v) is 16.1. The van der Waals surface area contributed by atoms with E-state index in [2.05, 4.69) is 0 Å². The van der Waals surface area contributed by atoms with Crippen LogP contribution in [0.3, 0.4) is 0 Å². The van der Waals surface area contributed by atoms with E-state index in [4.69, 9.17) is 0 Å². The molecule has 2 aliphatic heterocycles. The summed E-state index contributed by atoms with van der Waals surface area (Å²) in [7, 11) is -3.37. The largest absolute Gasteiger partial charge is 0.503 e. The third-order valence-corrected chi connectivity index (χ3v) is 6.67. The van der Waals surface area contributed by atoms with Gasteiger partial charge >= 0.3 is 0 Å². The van der Waals surface area contributed by atoms with E-state index in [0.717, 1.165) is 17.2 Å². The second-order valence-corrected chi connectivity index (χ2v) is 9.46. The van der Waals surface area contributed by atoms with Crippen molar-refractivity contribution in [2.45, 2.75) is 6.42 Å². The Hall–Kier alpha value is -2.05. The van der Waals surface area contributed by atoms with Gasteiger partial charge in [-0.25, -0.2) is 25.9 Å². The van der Waals surface area contributed by atoms with Gasteiger partial charge in [0.15, 0.2) is 17.4 Å². The maximum atomic E-state index is 13.9. The normalized spacial score (nSPS) is 22.6. The maximum absolute atomic E-state index is 13.9. The van der Waals surface area contributed by atoms with Gasteiger partial charge in [0.2, 0.25) is 10.0 Å². The zero-order chi connectivity index (χ0) is 20.8. The van der Waals surface area contributed by atoms with Gasteiger partial charge in [0, 0.05) is 25.7 Å². The molecule has 0 spiro atoms. The first-order valence-corrected chi connectivity index (χ1v) is 10.7. The summed E-state index contributed by atoms with van der Waals surface area (Å²) in [5.41, 5.74) is -0.839. The number of carbonyl (C=O) groups excluding carboxylic acids is 2. The van der Waals surface area contributed by atoms with Gasteiger partial charge in [-0.05, 0) is 30.2 Å². The van der Waals surface area contributed by atoms with E-state index in [0.29, 0.717) is 18.2 Å². The summed E-state index contributed by atoms with van der Waals surface area (Å²) >= 11 is 0.452. The number of thioether (sulfide) groups is 1. The van der Waals surface area contributed by atoms with Crippen LogP contribution < -0.4 is 0 Å². The van der Waals surface area contributed by atoms with Gasteiger partial charge in [0.05, 0.1) is 16.7 Å². The first-order valence-electron chi connectivity index (χ1n) is 8.06. The highest BCUT2D eigenvalue weighted by molar-refractivity contribution is 8.18. The minimum Gasteiger partial charge on any atom is -0.503 e. The molecule has 0 radical (unpaired) electrons. The Morgan fingerprint density at radius 2 is 1.96 bits per heavy atom. The van der Waals surface area contributed by atoms with Gasteiger partial charge < -0.3 is 5.11 Å². The molecular weight excluding hydrogens is 421 g/mol. The number of hydrogen-bond acceptors (Lipinski definition) is 6. The van der Waals surface area contributed by atoms with Gasteiger partial charge in [-0.3, -0.25) is 14.5 Å². The Morgan fingerprint density at radius 3 is 2.57 bits per heavy atom. The number of carbonyl (C=O) groups is 2. The van der Waals surface area contributed by atoms with Crippen molar-refractivity contribution in [1.82, 2.24) is 9.21 Å². The number of imide groups is 1. The van der Waals surface area contributed by atoms with Crippen molar-refractivity contribution in [3.63, 3.8) is 0 Å². The van der Waals surface area contributed by atoms with E-state index in [1.54, 1.807) is 0 Å². The third-order valence-electron chi connectivity index (χ3n) is 4.49. The van der Waals surface area contributed by atoms with Crippen LogP contribution in [0.2, 0.25) is 0 Å². The summed E-state index contributed by atoms with van der Waals surface area (Å²) < 4.78 is 65.3. The molecule has 7 nitrogen and oxygen atoms in total. The monoisotopic (exact) mass is 436 g/mol. The lowest BCUT2D eigenvalue weighted by molar-refractivity contribution is -0.123. The molecule has 0 saturated carbocycles. The van der Waals surface area contributed by atoms with Crippen LogP contribution in [0.5, 0.6) is 5.75 Å². The van der Waals surface area contributed by atoms with Crippen molar-refractivity contribution in [3.05, 3.63) is 34.0 Å². The highest BCUT2D eigenvalue weighted by Crippen LogP contribution is 2.36. The number of sulfonamides is 1. The van der Waals surface area contributed by atoms with Crippen molar-refractivity contribution in [2.75, 3.05) is 25.9 Å². The van der Waals surface area contributed by atoms with E-state index in [1.807, 2.05) is 0 Å². The lowest BCUT2D eigenvalue weighted by Gasteiger charge is -2.18. The quantitative estimate of drug-likeness (QED) is 0.727. The molecule has 2 heterocycles. The number of nitrogens with zero attached hydrogens (tertiary/aromatic N) is 2. The maximum Gasteiger partial charge on any atom is 0.293 e. The molecular formula is C16H15F3N2O5S2. The van der Waals surface area contributed by atoms with E-state index in [-0.39, 0.29) is 36.5 Å². The van der Waals surface area contributed by atoms with Crippen molar-refractivity contribution in [1.29, 1.82) is 0 Å². The van der Waals surface area contributed by atoms with Crippen LogP contribution in [0.15, 0.2) is 11.0 Å². The molecule has 1 atom stereocenters. The fourth-order valence-electron chi connectivity index (χ4n) is 3.02. The summed E-state index contributed by atoms with van der Waals surface area (Å²) in [5, 5.41) is 8.60. The second kappa shape index (κ2) is 7.41. The molecule has 2 fully saturated rings. The molecule has 2 saturated heterocycles. The average Bonchev–Trinajstić information content (AvgIpc) is 3.17. The summed E-state index contributed by atoms with van der Waals surface area (Å²) in [6, 6.07) is 0.271. The van der Waals surface area contributed by atoms with Crippen LogP contribution in [0, 0.1) is 23.4 Å². The Labute approximate surface area is 162 Å². The molecule has 1 unspecified atom stereocenters. The second-order valence-electron chi connectivity index (χ2n) is 6.48. The number of hydrogen-bond donors (Lipinski definition) is 1. The van der Waals surface area contributed by atoms with Gasteiger partial charge in [0.1, 0.15) is 5.82 Å². The molecule has 1 aromatic carbocycles. The fourth-order valence-corrected chi connectivity index (χ4v) is 4.77.